The van der Waals surface area contributed by atoms with E-state index in [-0.39, 0.29) is 24.4 Å². The minimum Gasteiger partial charge on any atom is -0.493 e. The van der Waals surface area contributed by atoms with Crippen LogP contribution in [0.4, 0.5) is 19.1 Å². The molecule has 11 heteroatoms. The van der Waals surface area contributed by atoms with Crippen molar-refractivity contribution in [1.82, 2.24) is 9.55 Å². The van der Waals surface area contributed by atoms with Gasteiger partial charge in [0.15, 0.2) is 11.5 Å². The molecule has 2 aromatic heterocycles. The third-order valence-electron chi connectivity index (χ3n) is 5.31. The van der Waals surface area contributed by atoms with Gasteiger partial charge in [-0.1, -0.05) is 0 Å². The van der Waals surface area contributed by atoms with E-state index in [0.29, 0.717) is 34.1 Å². The van der Waals surface area contributed by atoms with Gasteiger partial charge in [0.25, 0.3) is 0 Å². The van der Waals surface area contributed by atoms with Crippen molar-refractivity contribution in [2.45, 2.75) is 19.1 Å². The molecule has 0 radical (unpaired) electrons. The van der Waals surface area contributed by atoms with E-state index in [9.17, 15) is 18.0 Å². The van der Waals surface area contributed by atoms with Crippen molar-refractivity contribution >= 4 is 22.9 Å². The minimum absolute atomic E-state index is 0.0749. The van der Waals surface area contributed by atoms with E-state index in [0.717, 1.165) is 12.1 Å². The molecule has 0 saturated heterocycles. The molecule has 8 nitrogen and oxygen atoms in total. The summed E-state index contributed by atoms with van der Waals surface area (Å²) < 4.78 is 62.5. The number of hydrogen-bond donors (Lipinski definition) is 1. The normalized spacial score (nSPS) is 11.5. The highest BCUT2D eigenvalue weighted by Gasteiger charge is 2.31. The Labute approximate surface area is 198 Å². The van der Waals surface area contributed by atoms with Gasteiger partial charge in [0.05, 0.1) is 57.2 Å². The van der Waals surface area contributed by atoms with E-state index in [1.54, 1.807) is 28.8 Å². The first-order valence-corrected chi connectivity index (χ1v) is 10.4. The number of anilines is 1. The summed E-state index contributed by atoms with van der Waals surface area (Å²) in [6.45, 7) is 0.161. The van der Waals surface area contributed by atoms with E-state index in [1.807, 2.05) is 0 Å². The second-order valence-corrected chi connectivity index (χ2v) is 7.56. The Morgan fingerprint density at radius 3 is 2.34 bits per heavy atom. The van der Waals surface area contributed by atoms with E-state index < -0.39 is 17.6 Å². The molecule has 1 amide bonds. The van der Waals surface area contributed by atoms with Gasteiger partial charge in [-0.05, 0) is 48.0 Å². The van der Waals surface area contributed by atoms with Crippen molar-refractivity contribution < 1.29 is 36.6 Å². The van der Waals surface area contributed by atoms with Crippen LogP contribution in [0, 0.1) is 0 Å². The van der Waals surface area contributed by atoms with E-state index in [1.165, 1.54) is 33.7 Å². The van der Waals surface area contributed by atoms with Gasteiger partial charge < -0.3 is 23.2 Å². The zero-order valence-corrected chi connectivity index (χ0v) is 19.1. The van der Waals surface area contributed by atoms with Gasteiger partial charge in [-0.25, -0.2) is 4.98 Å². The third kappa shape index (κ3) is 5.03. The Bertz CT molecular complexity index is 1320. The Morgan fingerprint density at radius 2 is 1.77 bits per heavy atom. The van der Waals surface area contributed by atoms with Crippen LogP contribution in [0.2, 0.25) is 0 Å². The fraction of sp³-hybridized carbons (Fsp3) is 0.250. The van der Waals surface area contributed by atoms with Crippen molar-refractivity contribution in [3.8, 4) is 17.2 Å². The van der Waals surface area contributed by atoms with Crippen LogP contribution in [-0.2, 0) is 23.9 Å². The van der Waals surface area contributed by atoms with Crippen LogP contribution in [0.25, 0.3) is 11.0 Å². The fourth-order valence-corrected chi connectivity index (χ4v) is 3.71. The number of hydrogen-bond acceptors (Lipinski definition) is 6. The number of ether oxygens (including phenoxy) is 3. The number of fused-ring (bicyclic) bond motifs is 1. The molecule has 2 aromatic carbocycles. The lowest BCUT2D eigenvalue weighted by atomic mass is 10.1. The van der Waals surface area contributed by atoms with Crippen LogP contribution < -0.4 is 19.5 Å². The molecule has 0 saturated carbocycles. The van der Waals surface area contributed by atoms with Crippen LogP contribution in [-0.4, -0.2) is 36.8 Å². The monoisotopic (exact) mass is 489 g/mol. The van der Waals surface area contributed by atoms with Crippen LogP contribution >= 0.6 is 0 Å². The van der Waals surface area contributed by atoms with Gasteiger partial charge in [0, 0.05) is 0 Å². The van der Waals surface area contributed by atoms with Crippen LogP contribution in [0.15, 0.2) is 53.1 Å². The van der Waals surface area contributed by atoms with E-state index >= 15 is 0 Å². The van der Waals surface area contributed by atoms with Crippen LogP contribution in [0.5, 0.6) is 17.2 Å². The maximum absolute atomic E-state index is 13.2. The minimum atomic E-state index is -4.52. The molecular formula is C24H22F3N3O5. The molecule has 0 bridgehead atoms. The molecular weight excluding hydrogens is 467 g/mol. The van der Waals surface area contributed by atoms with Gasteiger partial charge >= 0.3 is 6.18 Å². The maximum Gasteiger partial charge on any atom is 0.416 e. The molecule has 1 N–H and O–H groups in total. The van der Waals surface area contributed by atoms with Gasteiger partial charge in [0.2, 0.25) is 17.6 Å². The Kier molecular flexibility index (Phi) is 6.59. The SMILES string of the molecule is COc1cc(CC(=O)Nc2nc3cc(C(F)(F)F)ccc3n2Cc2ccco2)cc(OC)c1OC. The average Bonchev–Trinajstić information content (AvgIpc) is 3.45. The quantitative estimate of drug-likeness (QED) is 0.379. The molecule has 0 aliphatic carbocycles. The Balaban J connectivity index is 1.66. The van der Waals surface area contributed by atoms with E-state index in [2.05, 4.69) is 10.3 Å². The molecule has 35 heavy (non-hydrogen) atoms. The lowest BCUT2D eigenvalue weighted by Crippen LogP contribution is -2.18. The van der Waals surface area contributed by atoms with Crippen molar-refractivity contribution in [1.29, 1.82) is 0 Å². The highest BCUT2D eigenvalue weighted by atomic mass is 19.4. The lowest BCUT2D eigenvalue weighted by Gasteiger charge is -2.14. The van der Waals surface area contributed by atoms with Crippen molar-refractivity contribution in [3.63, 3.8) is 0 Å². The number of nitrogens with one attached hydrogen (secondary N) is 1. The predicted molar refractivity (Wildman–Crippen MR) is 121 cm³/mol. The zero-order chi connectivity index (χ0) is 25.2. The molecule has 184 valence electrons. The topological polar surface area (TPSA) is 87.8 Å². The summed E-state index contributed by atoms with van der Waals surface area (Å²) in [7, 11) is 4.40. The summed E-state index contributed by atoms with van der Waals surface area (Å²) in [4.78, 5) is 17.2. The summed E-state index contributed by atoms with van der Waals surface area (Å²) in [6, 6.07) is 9.94. The first kappa shape index (κ1) is 24.0. The summed E-state index contributed by atoms with van der Waals surface area (Å²) in [5, 5.41) is 2.70. The summed E-state index contributed by atoms with van der Waals surface area (Å²) in [6.07, 6.45) is -3.11. The highest BCUT2D eigenvalue weighted by Crippen LogP contribution is 2.38. The molecule has 0 unspecified atom stereocenters. The molecule has 0 atom stereocenters. The van der Waals surface area contributed by atoms with E-state index in [4.69, 9.17) is 18.6 Å². The number of carbonyl (C=O) groups is 1. The molecule has 4 rings (SSSR count). The molecule has 0 fully saturated rings. The summed E-state index contributed by atoms with van der Waals surface area (Å²) in [5.41, 5.74) is 0.250. The summed E-state index contributed by atoms with van der Waals surface area (Å²) in [5.74, 6) is 1.36. The van der Waals surface area contributed by atoms with Crippen LogP contribution in [0.3, 0.4) is 0 Å². The number of methoxy groups -OCH3 is 3. The smallest absolute Gasteiger partial charge is 0.416 e. The molecule has 0 aliphatic rings. The third-order valence-corrected chi connectivity index (χ3v) is 5.31. The number of amides is 1. The predicted octanol–water partition coefficient (Wildman–Crippen LogP) is 4.90. The number of furan rings is 1. The van der Waals surface area contributed by atoms with Crippen molar-refractivity contribution in [2.24, 2.45) is 0 Å². The summed E-state index contributed by atoms with van der Waals surface area (Å²) >= 11 is 0. The highest BCUT2D eigenvalue weighted by molar-refractivity contribution is 5.93. The molecule has 0 aliphatic heterocycles. The van der Waals surface area contributed by atoms with Crippen molar-refractivity contribution in [2.75, 3.05) is 26.6 Å². The molecule has 4 aromatic rings. The number of nitrogens with zero attached hydrogens (tertiary/aromatic N) is 2. The molecule has 0 spiro atoms. The van der Waals surface area contributed by atoms with Gasteiger partial charge in [-0.15, -0.1) is 0 Å². The second-order valence-electron chi connectivity index (χ2n) is 7.56. The molecule has 2 heterocycles. The van der Waals surface area contributed by atoms with Crippen molar-refractivity contribution in [3.05, 3.63) is 65.6 Å². The largest absolute Gasteiger partial charge is 0.493 e. The Morgan fingerprint density at radius 1 is 1.06 bits per heavy atom. The van der Waals surface area contributed by atoms with Gasteiger partial charge in [-0.2, -0.15) is 13.2 Å². The maximum atomic E-state index is 13.2. The number of rotatable bonds is 8. The van der Waals surface area contributed by atoms with Gasteiger partial charge in [0.1, 0.15) is 5.76 Å². The van der Waals surface area contributed by atoms with Crippen LogP contribution in [0.1, 0.15) is 16.9 Å². The second kappa shape index (κ2) is 9.61. The lowest BCUT2D eigenvalue weighted by molar-refractivity contribution is -0.137. The number of imidazole rings is 1. The number of carbonyl (C=O) groups excluding carboxylic acids is 1. The average molecular weight is 489 g/mol. The zero-order valence-electron chi connectivity index (χ0n) is 19.1. The number of benzene rings is 2. The first-order chi connectivity index (χ1) is 16.7. The fourth-order valence-electron chi connectivity index (χ4n) is 3.71. The first-order valence-electron chi connectivity index (χ1n) is 10.4. The number of alkyl halides is 3. The van der Waals surface area contributed by atoms with Gasteiger partial charge in [-0.3, -0.25) is 10.1 Å². The standard InChI is InChI=1S/C24H22F3N3O5/c1-32-19-9-14(10-20(33-2)22(19)34-3)11-21(31)29-23-28-17-12-15(24(25,26)27)6-7-18(17)30(23)13-16-5-4-8-35-16/h4-10,12H,11,13H2,1-3H3,(H,28,29,31). The Hall–Kier alpha value is -4.15. The number of halogens is 3. The number of aromatic nitrogens is 2.